The monoisotopic (exact) mass is 410 g/mol. The largest absolute Gasteiger partial charge is 0.376 e. The molecule has 0 radical (unpaired) electrons. The van der Waals surface area contributed by atoms with Gasteiger partial charge in [-0.15, -0.1) is 0 Å². The first-order chi connectivity index (χ1) is 14.1. The molecule has 1 saturated heterocycles. The lowest BCUT2D eigenvalue weighted by Gasteiger charge is -2.21. The van der Waals surface area contributed by atoms with Gasteiger partial charge in [0, 0.05) is 12.4 Å². The SMILES string of the molecule is Cc1ccc(/C=C2\N=C(SCc3ccc(F)cc3)N(C[C@@H]3CCCO3)C2=O)cc1. The average Bonchev–Trinajstić information content (AvgIpc) is 3.33. The van der Waals surface area contributed by atoms with Gasteiger partial charge in [-0.3, -0.25) is 9.69 Å². The Kier molecular flexibility index (Phi) is 6.11. The molecule has 29 heavy (non-hydrogen) atoms. The summed E-state index contributed by atoms with van der Waals surface area (Å²) in [5.41, 5.74) is 3.54. The normalized spacial score (nSPS) is 20.6. The third-order valence-corrected chi connectivity index (χ3v) is 6.03. The van der Waals surface area contributed by atoms with Gasteiger partial charge in [-0.1, -0.05) is 53.7 Å². The Morgan fingerprint density at radius 1 is 1.21 bits per heavy atom. The molecule has 0 spiro atoms. The lowest BCUT2D eigenvalue weighted by atomic mass is 10.1. The second-order valence-electron chi connectivity index (χ2n) is 7.30. The number of amides is 1. The summed E-state index contributed by atoms with van der Waals surface area (Å²) >= 11 is 1.49. The van der Waals surface area contributed by atoms with E-state index >= 15 is 0 Å². The van der Waals surface area contributed by atoms with Crippen LogP contribution in [0.3, 0.4) is 0 Å². The molecule has 1 fully saturated rings. The van der Waals surface area contributed by atoms with Crippen LogP contribution in [-0.4, -0.2) is 35.2 Å². The lowest BCUT2D eigenvalue weighted by molar-refractivity contribution is -0.123. The van der Waals surface area contributed by atoms with E-state index in [4.69, 9.17) is 4.74 Å². The molecule has 4 rings (SSSR count). The molecule has 2 aliphatic rings. The van der Waals surface area contributed by atoms with Crippen molar-refractivity contribution in [3.05, 3.63) is 76.7 Å². The Morgan fingerprint density at radius 3 is 2.66 bits per heavy atom. The number of aryl methyl sites for hydroxylation is 1. The van der Waals surface area contributed by atoms with Gasteiger partial charge in [0.1, 0.15) is 11.5 Å². The summed E-state index contributed by atoms with van der Waals surface area (Å²) in [4.78, 5) is 19.4. The van der Waals surface area contributed by atoms with Crippen molar-refractivity contribution in [2.75, 3.05) is 13.2 Å². The maximum atomic E-state index is 13.1. The van der Waals surface area contributed by atoms with Crippen molar-refractivity contribution in [2.24, 2.45) is 4.99 Å². The number of amidine groups is 1. The van der Waals surface area contributed by atoms with Crippen molar-refractivity contribution < 1.29 is 13.9 Å². The number of thioether (sulfide) groups is 1. The summed E-state index contributed by atoms with van der Waals surface area (Å²) in [6.07, 6.45) is 3.86. The zero-order chi connectivity index (χ0) is 20.2. The van der Waals surface area contributed by atoms with Gasteiger partial charge < -0.3 is 4.74 Å². The molecule has 2 aliphatic heterocycles. The van der Waals surface area contributed by atoms with Crippen molar-refractivity contribution in [3.63, 3.8) is 0 Å². The van der Waals surface area contributed by atoms with Gasteiger partial charge in [0.2, 0.25) is 0 Å². The van der Waals surface area contributed by atoms with Gasteiger partial charge in [0.25, 0.3) is 5.91 Å². The predicted octanol–water partition coefficient (Wildman–Crippen LogP) is 4.79. The number of benzene rings is 2. The summed E-state index contributed by atoms with van der Waals surface area (Å²) in [5, 5.41) is 0.674. The number of hydrogen-bond donors (Lipinski definition) is 0. The number of aliphatic imine (C=N–C) groups is 1. The number of halogens is 1. The van der Waals surface area contributed by atoms with Crippen LogP contribution in [0.25, 0.3) is 6.08 Å². The second-order valence-corrected chi connectivity index (χ2v) is 8.24. The smallest absolute Gasteiger partial charge is 0.278 e. The summed E-state index contributed by atoms with van der Waals surface area (Å²) in [6, 6.07) is 14.4. The van der Waals surface area contributed by atoms with Gasteiger partial charge in [-0.05, 0) is 49.1 Å². The Hall–Kier alpha value is -2.44. The zero-order valence-electron chi connectivity index (χ0n) is 16.3. The van der Waals surface area contributed by atoms with Gasteiger partial charge in [-0.25, -0.2) is 9.38 Å². The number of carbonyl (C=O) groups excluding carboxylic acids is 1. The molecule has 1 amide bonds. The third kappa shape index (κ3) is 4.95. The van der Waals surface area contributed by atoms with Crippen LogP contribution in [0.1, 0.15) is 29.5 Å². The highest BCUT2D eigenvalue weighted by atomic mass is 32.2. The minimum atomic E-state index is -0.254. The highest BCUT2D eigenvalue weighted by Crippen LogP contribution is 2.28. The van der Waals surface area contributed by atoms with E-state index in [9.17, 15) is 9.18 Å². The first-order valence-electron chi connectivity index (χ1n) is 9.76. The molecule has 0 saturated carbocycles. The molecule has 4 nitrogen and oxygen atoms in total. The molecule has 2 aromatic rings. The van der Waals surface area contributed by atoms with Crippen molar-refractivity contribution in [3.8, 4) is 0 Å². The Labute approximate surface area is 174 Å². The lowest BCUT2D eigenvalue weighted by Crippen LogP contribution is -2.37. The summed E-state index contributed by atoms with van der Waals surface area (Å²) in [5.74, 6) is 0.268. The summed E-state index contributed by atoms with van der Waals surface area (Å²) in [7, 11) is 0. The second kappa shape index (κ2) is 8.93. The van der Waals surface area contributed by atoms with Crippen molar-refractivity contribution in [1.29, 1.82) is 0 Å². The molecule has 6 heteroatoms. The quantitative estimate of drug-likeness (QED) is 0.666. The van der Waals surface area contributed by atoms with Crippen LogP contribution in [0.15, 0.2) is 59.2 Å². The molecule has 2 heterocycles. The van der Waals surface area contributed by atoms with Crippen LogP contribution < -0.4 is 0 Å². The van der Waals surface area contributed by atoms with Crippen LogP contribution in [0.4, 0.5) is 4.39 Å². The highest BCUT2D eigenvalue weighted by Gasteiger charge is 2.33. The van der Waals surface area contributed by atoms with E-state index in [-0.39, 0.29) is 17.8 Å². The first-order valence-corrected chi connectivity index (χ1v) is 10.7. The number of carbonyl (C=O) groups is 1. The molecule has 0 bridgehead atoms. The van der Waals surface area contributed by atoms with E-state index < -0.39 is 0 Å². The number of nitrogens with zero attached hydrogens (tertiary/aromatic N) is 2. The van der Waals surface area contributed by atoms with Crippen LogP contribution in [0, 0.1) is 12.7 Å². The molecular formula is C23H23FN2O2S. The molecule has 0 aliphatic carbocycles. The van der Waals surface area contributed by atoms with Crippen LogP contribution in [0.5, 0.6) is 0 Å². The molecule has 0 unspecified atom stereocenters. The fourth-order valence-electron chi connectivity index (χ4n) is 3.34. The van der Waals surface area contributed by atoms with Gasteiger partial charge in [0.05, 0.1) is 12.6 Å². The van der Waals surface area contributed by atoms with Crippen LogP contribution in [-0.2, 0) is 15.3 Å². The number of ether oxygens (including phenoxy) is 1. The summed E-state index contributed by atoms with van der Waals surface area (Å²) in [6.45, 7) is 3.29. The molecule has 150 valence electrons. The molecule has 0 N–H and O–H groups in total. The van der Waals surface area contributed by atoms with Crippen LogP contribution >= 0.6 is 11.8 Å². The van der Waals surface area contributed by atoms with Crippen molar-refractivity contribution in [1.82, 2.24) is 4.90 Å². The van der Waals surface area contributed by atoms with E-state index in [2.05, 4.69) is 4.99 Å². The topological polar surface area (TPSA) is 41.9 Å². The maximum absolute atomic E-state index is 13.1. The Balaban J connectivity index is 1.54. The standard InChI is InChI=1S/C23H23FN2O2S/c1-16-4-6-17(7-5-16)13-21-22(27)26(14-20-3-2-12-28-20)23(25-21)29-15-18-8-10-19(24)11-9-18/h4-11,13,20H,2-3,12,14-15H2,1H3/b21-13-/t20-/m0/s1. The molecule has 1 atom stereocenters. The highest BCUT2D eigenvalue weighted by molar-refractivity contribution is 8.13. The van der Waals surface area contributed by atoms with E-state index in [1.54, 1.807) is 17.0 Å². The summed E-state index contributed by atoms with van der Waals surface area (Å²) < 4.78 is 18.9. The van der Waals surface area contributed by atoms with Crippen LogP contribution in [0.2, 0.25) is 0 Å². The number of rotatable bonds is 5. The predicted molar refractivity (Wildman–Crippen MR) is 115 cm³/mol. The van der Waals surface area contributed by atoms with Crippen molar-refractivity contribution in [2.45, 2.75) is 31.6 Å². The fraction of sp³-hybridized carbons (Fsp3) is 0.304. The maximum Gasteiger partial charge on any atom is 0.278 e. The minimum absolute atomic E-state index is 0.0503. The fourth-order valence-corrected chi connectivity index (χ4v) is 4.31. The van der Waals surface area contributed by atoms with E-state index in [0.29, 0.717) is 23.2 Å². The van der Waals surface area contributed by atoms with Gasteiger partial charge >= 0.3 is 0 Å². The number of hydrogen-bond acceptors (Lipinski definition) is 4. The molecule has 2 aromatic carbocycles. The van der Waals surface area contributed by atoms with Gasteiger partial charge in [0.15, 0.2) is 5.17 Å². The average molecular weight is 411 g/mol. The van der Waals surface area contributed by atoms with E-state index in [1.165, 1.54) is 29.5 Å². The van der Waals surface area contributed by atoms with E-state index in [1.807, 2.05) is 37.3 Å². The van der Waals surface area contributed by atoms with Crippen molar-refractivity contribution >= 4 is 28.9 Å². The Bertz CT molecular complexity index is 932. The zero-order valence-corrected chi connectivity index (χ0v) is 17.1. The minimum Gasteiger partial charge on any atom is -0.376 e. The Morgan fingerprint density at radius 2 is 1.97 bits per heavy atom. The first kappa shape index (κ1) is 19.9. The van der Waals surface area contributed by atoms with E-state index in [0.717, 1.165) is 30.6 Å². The van der Waals surface area contributed by atoms with Gasteiger partial charge in [-0.2, -0.15) is 0 Å². The molecular weight excluding hydrogens is 387 g/mol. The third-order valence-electron chi connectivity index (χ3n) is 4.98. The molecule has 0 aromatic heterocycles.